The number of imide groups is 1. The van der Waals surface area contributed by atoms with Gasteiger partial charge in [-0.05, 0) is 61.4 Å². The molecule has 0 radical (unpaired) electrons. The minimum Gasteiger partial charge on any atom is -0.478 e. The number of carboxylic acid groups (broad SMARTS) is 1. The summed E-state index contributed by atoms with van der Waals surface area (Å²) in [5.74, 6) is -4.52. The number of hydrogen-bond donors (Lipinski definition) is 1. The normalized spacial score (nSPS) is 10.5. The highest BCUT2D eigenvalue weighted by atomic mass is 19.1. The van der Waals surface area contributed by atoms with E-state index in [9.17, 15) is 23.2 Å². The quantitative estimate of drug-likeness (QED) is 0.653. The lowest BCUT2D eigenvalue weighted by Gasteiger charge is -2.22. The molecule has 0 atom stereocenters. The van der Waals surface area contributed by atoms with Gasteiger partial charge in [-0.1, -0.05) is 12.1 Å². The summed E-state index contributed by atoms with van der Waals surface area (Å²) in [7, 11) is 0. The zero-order valence-electron chi connectivity index (χ0n) is 16.0. The van der Waals surface area contributed by atoms with E-state index in [-0.39, 0.29) is 22.5 Å². The fourth-order valence-corrected chi connectivity index (χ4v) is 2.84. The summed E-state index contributed by atoms with van der Waals surface area (Å²) in [6.45, 7) is 3.15. The second-order valence-electron chi connectivity index (χ2n) is 6.57. The van der Waals surface area contributed by atoms with E-state index < -0.39 is 29.4 Å². The van der Waals surface area contributed by atoms with E-state index in [0.29, 0.717) is 16.0 Å². The average molecular weight is 410 g/mol. The Morgan fingerprint density at radius 1 is 0.833 bits per heavy atom. The Labute approximate surface area is 170 Å². The lowest BCUT2D eigenvalue weighted by atomic mass is 10.0. The van der Waals surface area contributed by atoms with Gasteiger partial charge < -0.3 is 5.11 Å². The van der Waals surface area contributed by atoms with Crippen LogP contribution in [0.1, 0.15) is 42.2 Å². The Hall–Kier alpha value is -3.94. The van der Waals surface area contributed by atoms with Gasteiger partial charge in [0.15, 0.2) is 0 Å². The third-order valence-electron chi connectivity index (χ3n) is 4.49. The minimum absolute atomic E-state index is 0.0819. The summed E-state index contributed by atoms with van der Waals surface area (Å²) < 4.78 is 27.5. The first-order valence-corrected chi connectivity index (χ1v) is 8.79. The molecule has 8 heteroatoms. The molecule has 0 aliphatic rings. The number of aromatic nitrogens is 1. The molecule has 0 bridgehead atoms. The van der Waals surface area contributed by atoms with E-state index in [4.69, 9.17) is 5.11 Å². The van der Waals surface area contributed by atoms with Gasteiger partial charge in [-0.15, -0.1) is 0 Å². The minimum atomic E-state index is -1.24. The van der Waals surface area contributed by atoms with Crippen molar-refractivity contribution in [3.8, 4) is 0 Å². The van der Waals surface area contributed by atoms with E-state index >= 15 is 0 Å². The summed E-state index contributed by atoms with van der Waals surface area (Å²) in [6.07, 6.45) is 0.988. The molecule has 0 fully saturated rings. The van der Waals surface area contributed by atoms with Gasteiger partial charge in [-0.2, -0.15) is 0 Å². The van der Waals surface area contributed by atoms with E-state index in [1.165, 1.54) is 36.4 Å². The maximum absolute atomic E-state index is 13.8. The van der Waals surface area contributed by atoms with Crippen LogP contribution in [0.4, 0.5) is 14.6 Å². The van der Waals surface area contributed by atoms with Crippen molar-refractivity contribution in [2.24, 2.45) is 0 Å². The van der Waals surface area contributed by atoms with Crippen LogP contribution in [0.25, 0.3) is 0 Å². The maximum atomic E-state index is 13.8. The average Bonchev–Trinajstić information content (AvgIpc) is 2.72. The zero-order valence-corrected chi connectivity index (χ0v) is 16.0. The number of carbonyl (C=O) groups is 3. The van der Waals surface area contributed by atoms with Gasteiger partial charge in [0.25, 0.3) is 11.8 Å². The largest absolute Gasteiger partial charge is 0.478 e. The maximum Gasteiger partial charge on any atom is 0.337 e. The first kappa shape index (κ1) is 20.8. The van der Waals surface area contributed by atoms with E-state index in [2.05, 4.69) is 4.98 Å². The summed E-state index contributed by atoms with van der Waals surface area (Å²) in [5, 5.41) is 9.05. The van der Waals surface area contributed by atoms with Gasteiger partial charge in [0.2, 0.25) is 0 Å². The number of carbonyl (C=O) groups excluding carboxylic acids is 2. The third-order valence-corrected chi connectivity index (χ3v) is 4.49. The highest BCUT2D eigenvalue weighted by molar-refractivity contribution is 6.26. The molecule has 3 aromatic rings. The Bertz CT molecular complexity index is 1100. The van der Waals surface area contributed by atoms with Crippen LogP contribution in [0.3, 0.4) is 0 Å². The van der Waals surface area contributed by atoms with Crippen molar-refractivity contribution >= 4 is 23.6 Å². The van der Waals surface area contributed by atoms with Crippen molar-refractivity contribution in [2.45, 2.75) is 13.8 Å². The van der Waals surface area contributed by atoms with Crippen molar-refractivity contribution < 1.29 is 28.3 Å². The van der Waals surface area contributed by atoms with E-state index in [0.717, 1.165) is 18.3 Å². The van der Waals surface area contributed by atoms with Gasteiger partial charge in [0, 0.05) is 17.3 Å². The van der Waals surface area contributed by atoms with Crippen molar-refractivity contribution in [3.05, 3.63) is 94.2 Å². The number of nitrogens with zero attached hydrogens (tertiary/aromatic N) is 2. The molecule has 152 valence electrons. The standard InChI is InChI=1S/C22H16F2N2O4/c1-12-3-6-15(23)9-17(12)20(27)26(19-8-5-14(11-25-19)22(29)30)21(28)18-10-16(24)7-4-13(18)2/h3-11H,1-2H3,(H,29,30). The van der Waals surface area contributed by atoms with Gasteiger partial charge in [-0.3, -0.25) is 9.59 Å². The number of anilines is 1. The van der Waals surface area contributed by atoms with Crippen LogP contribution < -0.4 is 4.90 Å². The molecule has 1 aromatic heterocycles. The number of benzene rings is 2. The second kappa shape index (κ2) is 8.20. The lowest BCUT2D eigenvalue weighted by molar-refractivity contribution is 0.0696. The molecule has 0 aliphatic carbocycles. The van der Waals surface area contributed by atoms with Crippen molar-refractivity contribution in [2.75, 3.05) is 4.90 Å². The van der Waals surface area contributed by atoms with Crippen LogP contribution in [0, 0.1) is 25.5 Å². The molecule has 2 aromatic carbocycles. The molecule has 3 rings (SSSR count). The molecule has 0 saturated heterocycles. The molecular formula is C22H16F2N2O4. The number of pyridine rings is 1. The number of halogens is 2. The summed E-state index contributed by atoms with van der Waals surface area (Å²) >= 11 is 0. The molecule has 0 spiro atoms. The fraction of sp³-hybridized carbons (Fsp3) is 0.0909. The topological polar surface area (TPSA) is 87.6 Å². The summed E-state index contributed by atoms with van der Waals surface area (Å²) in [5.41, 5.74) is 0.514. The molecule has 0 unspecified atom stereocenters. The molecule has 0 saturated carbocycles. The number of rotatable bonds is 4. The van der Waals surface area contributed by atoms with Crippen LogP contribution in [-0.2, 0) is 0 Å². The Morgan fingerprint density at radius 2 is 1.33 bits per heavy atom. The summed E-state index contributed by atoms with van der Waals surface area (Å²) in [4.78, 5) is 42.1. The Morgan fingerprint density at radius 3 is 1.73 bits per heavy atom. The van der Waals surface area contributed by atoms with Gasteiger partial charge in [-0.25, -0.2) is 23.5 Å². The Balaban J connectivity index is 2.16. The molecule has 1 N–H and O–H groups in total. The number of aryl methyl sites for hydroxylation is 2. The van der Waals surface area contributed by atoms with Crippen molar-refractivity contribution in [3.63, 3.8) is 0 Å². The highest BCUT2D eigenvalue weighted by Crippen LogP contribution is 2.23. The zero-order chi connectivity index (χ0) is 22.0. The van der Waals surface area contributed by atoms with Crippen LogP contribution in [0.15, 0.2) is 54.7 Å². The first-order chi connectivity index (χ1) is 14.2. The van der Waals surface area contributed by atoms with Crippen LogP contribution in [0.2, 0.25) is 0 Å². The molecule has 1 heterocycles. The molecule has 30 heavy (non-hydrogen) atoms. The van der Waals surface area contributed by atoms with E-state index in [1.54, 1.807) is 13.8 Å². The number of hydrogen-bond acceptors (Lipinski definition) is 4. The SMILES string of the molecule is Cc1ccc(F)cc1C(=O)N(C(=O)c1cc(F)ccc1C)c1ccc(C(=O)O)cn1. The lowest BCUT2D eigenvalue weighted by Crippen LogP contribution is -2.38. The molecule has 6 nitrogen and oxygen atoms in total. The highest BCUT2D eigenvalue weighted by Gasteiger charge is 2.29. The fourth-order valence-electron chi connectivity index (χ4n) is 2.84. The number of carboxylic acids is 1. The van der Waals surface area contributed by atoms with Crippen LogP contribution >= 0.6 is 0 Å². The monoisotopic (exact) mass is 410 g/mol. The van der Waals surface area contributed by atoms with Crippen molar-refractivity contribution in [1.29, 1.82) is 0 Å². The molecule has 0 aliphatic heterocycles. The predicted octanol–water partition coefficient (Wildman–Crippen LogP) is 4.16. The van der Waals surface area contributed by atoms with Gasteiger partial charge in [0.05, 0.1) is 5.56 Å². The Kier molecular flexibility index (Phi) is 5.68. The van der Waals surface area contributed by atoms with E-state index in [1.807, 2.05) is 0 Å². The predicted molar refractivity (Wildman–Crippen MR) is 105 cm³/mol. The molecule has 2 amide bonds. The number of aromatic carboxylic acids is 1. The number of amides is 2. The van der Waals surface area contributed by atoms with Crippen LogP contribution in [0.5, 0.6) is 0 Å². The molecular weight excluding hydrogens is 394 g/mol. The van der Waals surface area contributed by atoms with Crippen molar-refractivity contribution in [1.82, 2.24) is 4.98 Å². The first-order valence-electron chi connectivity index (χ1n) is 8.79. The summed E-state index contributed by atoms with van der Waals surface area (Å²) in [6, 6.07) is 9.46. The van der Waals surface area contributed by atoms with Crippen LogP contribution in [-0.4, -0.2) is 27.9 Å². The second-order valence-corrected chi connectivity index (χ2v) is 6.57. The third kappa shape index (κ3) is 4.07. The smallest absolute Gasteiger partial charge is 0.337 e. The van der Waals surface area contributed by atoms with Gasteiger partial charge >= 0.3 is 5.97 Å². The van der Waals surface area contributed by atoms with Gasteiger partial charge in [0.1, 0.15) is 17.5 Å².